The van der Waals surface area contributed by atoms with Gasteiger partial charge in [0.05, 0.1) is 11.9 Å². The molecule has 2 aliphatic rings. The molecular weight excluding hydrogens is 312 g/mol. The molecule has 1 saturated heterocycles. The molecule has 0 aromatic carbocycles. The number of fused-ring (bicyclic) bond motifs is 1. The van der Waals surface area contributed by atoms with Gasteiger partial charge in [-0.15, -0.1) is 0 Å². The first-order valence-electron chi connectivity index (χ1n) is 9.77. The van der Waals surface area contributed by atoms with Gasteiger partial charge in [-0.1, -0.05) is 6.42 Å². The Balaban J connectivity index is 1.46. The largest absolute Gasteiger partial charge is 0.303 e. The van der Waals surface area contributed by atoms with Crippen LogP contribution in [0.15, 0.2) is 24.7 Å². The highest BCUT2D eigenvalue weighted by atomic mass is 15.3. The Labute approximate surface area is 150 Å². The molecule has 1 fully saturated rings. The summed E-state index contributed by atoms with van der Waals surface area (Å²) in [6.07, 6.45) is 10.3. The summed E-state index contributed by atoms with van der Waals surface area (Å²) in [6.45, 7) is 10.9. The molecule has 0 bridgehead atoms. The highest BCUT2D eigenvalue weighted by Crippen LogP contribution is 2.20. The number of likely N-dealkylation sites (tertiary alicyclic amines) is 1. The van der Waals surface area contributed by atoms with Crippen LogP contribution in [0.25, 0.3) is 0 Å². The van der Waals surface area contributed by atoms with E-state index in [-0.39, 0.29) is 0 Å². The van der Waals surface area contributed by atoms with E-state index in [4.69, 9.17) is 0 Å². The second kappa shape index (κ2) is 7.70. The SMILES string of the molecule is CCn1cc(CN2Cc3ccnn3C[C@@H](CN3CCCCC3)C2)cn1. The molecular formula is C19H30N6. The molecule has 4 heterocycles. The minimum atomic E-state index is 0.639. The van der Waals surface area contributed by atoms with E-state index in [1.54, 1.807) is 0 Å². The fourth-order valence-electron chi connectivity index (χ4n) is 4.28. The molecule has 0 saturated carbocycles. The summed E-state index contributed by atoms with van der Waals surface area (Å²) >= 11 is 0. The Morgan fingerprint density at radius 2 is 1.96 bits per heavy atom. The van der Waals surface area contributed by atoms with E-state index in [9.17, 15) is 0 Å². The Morgan fingerprint density at radius 3 is 2.76 bits per heavy atom. The van der Waals surface area contributed by atoms with Crippen LogP contribution in [0.4, 0.5) is 0 Å². The van der Waals surface area contributed by atoms with Crippen molar-refractivity contribution in [1.82, 2.24) is 29.4 Å². The molecule has 1 atom stereocenters. The van der Waals surface area contributed by atoms with E-state index >= 15 is 0 Å². The first-order chi connectivity index (χ1) is 12.3. The van der Waals surface area contributed by atoms with Crippen LogP contribution in [0.2, 0.25) is 0 Å². The molecule has 0 radical (unpaired) electrons. The van der Waals surface area contributed by atoms with Crippen LogP contribution >= 0.6 is 0 Å². The van der Waals surface area contributed by atoms with Crippen LogP contribution in [0.3, 0.4) is 0 Å². The zero-order valence-electron chi connectivity index (χ0n) is 15.3. The van der Waals surface area contributed by atoms with Crippen LogP contribution < -0.4 is 0 Å². The maximum Gasteiger partial charge on any atom is 0.0534 e. The average Bonchev–Trinajstić information content (AvgIpc) is 3.22. The third-order valence-electron chi connectivity index (χ3n) is 5.52. The van der Waals surface area contributed by atoms with Crippen molar-refractivity contribution in [3.05, 3.63) is 35.9 Å². The fourth-order valence-corrected chi connectivity index (χ4v) is 4.28. The molecule has 2 aliphatic heterocycles. The van der Waals surface area contributed by atoms with Gasteiger partial charge in [-0.05, 0) is 38.9 Å². The van der Waals surface area contributed by atoms with Gasteiger partial charge in [-0.3, -0.25) is 14.3 Å². The predicted octanol–water partition coefficient (Wildman–Crippen LogP) is 2.22. The lowest BCUT2D eigenvalue weighted by molar-refractivity contribution is 0.150. The van der Waals surface area contributed by atoms with Crippen molar-refractivity contribution in [3.63, 3.8) is 0 Å². The van der Waals surface area contributed by atoms with Crippen molar-refractivity contribution in [2.45, 2.75) is 52.4 Å². The molecule has 0 amide bonds. The van der Waals surface area contributed by atoms with Gasteiger partial charge in [0.1, 0.15) is 0 Å². The summed E-state index contributed by atoms with van der Waals surface area (Å²) in [5, 5.41) is 9.01. The summed E-state index contributed by atoms with van der Waals surface area (Å²) < 4.78 is 4.24. The van der Waals surface area contributed by atoms with E-state index in [0.29, 0.717) is 5.92 Å². The van der Waals surface area contributed by atoms with Gasteiger partial charge in [0.2, 0.25) is 0 Å². The minimum Gasteiger partial charge on any atom is -0.303 e. The van der Waals surface area contributed by atoms with Crippen molar-refractivity contribution < 1.29 is 0 Å². The van der Waals surface area contributed by atoms with Crippen molar-refractivity contribution in [3.8, 4) is 0 Å². The van der Waals surface area contributed by atoms with Gasteiger partial charge >= 0.3 is 0 Å². The van der Waals surface area contributed by atoms with Crippen molar-refractivity contribution in [2.75, 3.05) is 26.2 Å². The van der Waals surface area contributed by atoms with Gasteiger partial charge in [-0.2, -0.15) is 10.2 Å². The number of piperidine rings is 1. The molecule has 136 valence electrons. The van der Waals surface area contributed by atoms with Gasteiger partial charge in [-0.25, -0.2) is 0 Å². The normalized spacial score (nSPS) is 22.7. The van der Waals surface area contributed by atoms with E-state index in [2.05, 4.69) is 43.9 Å². The maximum absolute atomic E-state index is 4.57. The average molecular weight is 342 g/mol. The molecule has 6 nitrogen and oxygen atoms in total. The van der Waals surface area contributed by atoms with Crippen LogP contribution in [0.5, 0.6) is 0 Å². The monoisotopic (exact) mass is 342 g/mol. The second-order valence-electron chi connectivity index (χ2n) is 7.61. The summed E-state index contributed by atoms with van der Waals surface area (Å²) in [5.41, 5.74) is 2.65. The standard InChI is InChI=1S/C19H30N6/c1-2-24-14-17(10-21-24)11-23-13-18(12-22-8-4-3-5-9-22)15-25-19(16-23)6-7-20-25/h6-7,10,14,18H,2-5,8-9,11-13,15-16H2,1H3/t18-/m0/s1. The topological polar surface area (TPSA) is 42.1 Å². The lowest BCUT2D eigenvalue weighted by Gasteiger charge is -2.31. The molecule has 0 aliphatic carbocycles. The second-order valence-corrected chi connectivity index (χ2v) is 7.61. The van der Waals surface area contributed by atoms with Gasteiger partial charge < -0.3 is 4.90 Å². The zero-order valence-corrected chi connectivity index (χ0v) is 15.3. The van der Waals surface area contributed by atoms with Crippen molar-refractivity contribution in [1.29, 1.82) is 0 Å². The number of hydrogen-bond donors (Lipinski definition) is 0. The summed E-state index contributed by atoms with van der Waals surface area (Å²) in [6, 6.07) is 2.17. The molecule has 0 unspecified atom stereocenters. The van der Waals surface area contributed by atoms with Crippen LogP contribution in [0.1, 0.15) is 37.4 Å². The maximum atomic E-state index is 4.57. The van der Waals surface area contributed by atoms with E-state index in [1.165, 1.54) is 50.2 Å². The van der Waals surface area contributed by atoms with E-state index < -0.39 is 0 Å². The predicted molar refractivity (Wildman–Crippen MR) is 98.0 cm³/mol. The lowest BCUT2D eigenvalue weighted by Crippen LogP contribution is -2.39. The van der Waals surface area contributed by atoms with Crippen molar-refractivity contribution >= 4 is 0 Å². The molecule has 0 N–H and O–H groups in total. The Morgan fingerprint density at radius 1 is 1.08 bits per heavy atom. The molecule has 2 aromatic heterocycles. The third kappa shape index (κ3) is 4.12. The lowest BCUT2D eigenvalue weighted by atomic mass is 10.1. The van der Waals surface area contributed by atoms with E-state index in [1.807, 2.05) is 17.1 Å². The van der Waals surface area contributed by atoms with E-state index in [0.717, 1.165) is 32.7 Å². The van der Waals surface area contributed by atoms with Crippen molar-refractivity contribution in [2.24, 2.45) is 5.92 Å². The first kappa shape index (κ1) is 16.8. The van der Waals surface area contributed by atoms with Gasteiger partial charge in [0.15, 0.2) is 0 Å². The molecule has 6 heteroatoms. The molecule has 4 rings (SSSR count). The van der Waals surface area contributed by atoms with Gasteiger partial charge in [0.25, 0.3) is 0 Å². The molecule has 2 aromatic rings. The Kier molecular flexibility index (Phi) is 5.17. The zero-order chi connectivity index (χ0) is 17.1. The molecule has 0 spiro atoms. The summed E-state index contributed by atoms with van der Waals surface area (Å²) in [7, 11) is 0. The quantitative estimate of drug-likeness (QED) is 0.836. The number of aryl methyl sites for hydroxylation is 1. The Bertz CT molecular complexity index is 669. The first-order valence-corrected chi connectivity index (χ1v) is 9.77. The smallest absolute Gasteiger partial charge is 0.0534 e. The number of aromatic nitrogens is 4. The summed E-state index contributed by atoms with van der Waals surface area (Å²) in [4.78, 5) is 5.24. The van der Waals surface area contributed by atoms with Crippen LogP contribution in [-0.2, 0) is 26.2 Å². The van der Waals surface area contributed by atoms with Crippen LogP contribution in [0, 0.1) is 5.92 Å². The number of nitrogens with zero attached hydrogens (tertiary/aromatic N) is 6. The highest BCUT2D eigenvalue weighted by Gasteiger charge is 2.25. The summed E-state index contributed by atoms with van der Waals surface area (Å²) in [5.74, 6) is 0.639. The molecule has 25 heavy (non-hydrogen) atoms. The van der Waals surface area contributed by atoms with Crippen LogP contribution in [-0.4, -0.2) is 55.5 Å². The third-order valence-corrected chi connectivity index (χ3v) is 5.52. The fraction of sp³-hybridized carbons (Fsp3) is 0.684. The number of hydrogen-bond acceptors (Lipinski definition) is 4. The van der Waals surface area contributed by atoms with Gasteiger partial charge in [0, 0.05) is 63.1 Å². The Hall–Kier alpha value is -1.66. The number of rotatable bonds is 5. The highest BCUT2D eigenvalue weighted by molar-refractivity contribution is 5.07. The minimum absolute atomic E-state index is 0.639.